The number of aliphatic carboxylic acids is 1. The Morgan fingerprint density at radius 2 is 1.81 bits per heavy atom. The summed E-state index contributed by atoms with van der Waals surface area (Å²) in [7, 11) is 1.61. The molecule has 0 spiro atoms. The predicted octanol–water partition coefficient (Wildman–Crippen LogP) is 7.45. The van der Waals surface area contributed by atoms with Crippen LogP contribution in [-0.2, 0) is 22.7 Å². The average molecular weight is 761 g/mol. The molecule has 7 rings (SSSR count). The van der Waals surface area contributed by atoms with Crippen molar-refractivity contribution in [2.45, 2.75) is 51.7 Å². The largest absolute Gasteiger partial charge is 0.481 e. The van der Waals surface area contributed by atoms with Crippen molar-refractivity contribution in [2.24, 2.45) is 5.92 Å². The molecule has 52 heavy (non-hydrogen) atoms. The zero-order chi connectivity index (χ0) is 36.4. The maximum absolute atomic E-state index is 11.6. The highest BCUT2D eigenvalue weighted by molar-refractivity contribution is 7.18. The SMILES string of the molecule is COc1nc(-c2cccc(-c3cccc(Nc4nccc5sc(CN6CCC(C(=O)O)CC6)nc45)c3Cl)c2Cl)cc(C)c1CNC[C@@H]1CCC(=O)N1. The Hall–Kier alpha value is -4.33. The van der Waals surface area contributed by atoms with Crippen LogP contribution in [0.5, 0.6) is 5.88 Å². The molecule has 270 valence electrons. The maximum atomic E-state index is 11.6. The van der Waals surface area contributed by atoms with Gasteiger partial charge in [-0.3, -0.25) is 14.5 Å². The zero-order valence-electron chi connectivity index (χ0n) is 28.8. The number of likely N-dealkylation sites (tertiary alicyclic amines) is 1. The van der Waals surface area contributed by atoms with Gasteiger partial charge in [0.25, 0.3) is 0 Å². The fraction of sp³-hybridized carbons (Fsp3) is 0.342. The van der Waals surface area contributed by atoms with Gasteiger partial charge in [-0.1, -0.05) is 53.5 Å². The molecular formula is C38H39Cl2N7O4S. The molecule has 1 amide bonds. The summed E-state index contributed by atoms with van der Waals surface area (Å²) >= 11 is 15.9. The van der Waals surface area contributed by atoms with Crippen molar-refractivity contribution in [3.63, 3.8) is 0 Å². The second-order valence-corrected chi connectivity index (χ2v) is 15.1. The summed E-state index contributed by atoms with van der Waals surface area (Å²) in [6.45, 7) is 5.38. The van der Waals surface area contributed by atoms with Gasteiger partial charge < -0.3 is 25.8 Å². The number of nitrogens with one attached hydrogen (secondary N) is 3. The van der Waals surface area contributed by atoms with Crippen LogP contribution in [0.15, 0.2) is 54.7 Å². The van der Waals surface area contributed by atoms with Crippen LogP contribution in [0.25, 0.3) is 32.6 Å². The molecule has 0 saturated carbocycles. The van der Waals surface area contributed by atoms with E-state index in [1.54, 1.807) is 24.6 Å². The number of carbonyl (C=O) groups is 2. The molecule has 2 saturated heterocycles. The molecule has 2 aromatic carbocycles. The van der Waals surface area contributed by atoms with Crippen LogP contribution in [0, 0.1) is 12.8 Å². The first-order valence-electron chi connectivity index (χ1n) is 17.3. The smallest absolute Gasteiger partial charge is 0.306 e. The summed E-state index contributed by atoms with van der Waals surface area (Å²) in [4.78, 5) is 39.6. The molecule has 2 aliphatic rings. The van der Waals surface area contributed by atoms with Crippen molar-refractivity contribution in [1.29, 1.82) is 0 Å². The van der Waals surface area contributed by atoms with Gasteiger partial charge in [0.05, 0.1) is 45.7 Å². The molecule has 0 aliphatic carbocycles. The number of ether oxygens (including phenoxy) is 1. The van der Waals surface area contributed by atoms with Gasteiger partial charge in [-0.25, -0.2) is 15.0 Å². The summed E-state index contributed by atoms with van der Waals surface area (Å²) in [5.74, 6) is 0.221. The first-order chi connectivity index (χ1) is 25.2. The Morgan fingerprint density at radius 1 is 1.06 bits per heavy atom. The standard InChI is InChI=1S/C38H39Cl2N7O4S/c1-21-17-29(45-37(51-2)27(21)19-41-18-23-9-10-31(48)43-23)26-7-3-5-24(33(26)39)25-6-4-8-28(34(25)40)44-36-35-30(11-14-42-36)52-32(46-35)20-47-15-12-22(13-16-47)38(49)50/h3-8,11,14,17,22-23,41H,9-10,12-13,15-16,18-20H2,1-2H3,(H,42,44)(H,43,48)(H,49,50)/t23-/m0/s1. The van der Waals surface area contributed by atoms with E-state index in [-0.39, 0.29) is 17.9 Å². The van der Waals surface area contributed by atoms with Gasteiger partial charge in [0.1, 0.15) is 10.5 Å². The fourth-order valence-electron chi connectivity index (χ4n) is 6.89. The molecule has 5 aromatic rings. The number of anilines is 2. The second-order valence-electron chi connectivity index (χ2n) is 13.2. The number of carbonyl (C=O) groups excluding carboxylic acids is 1. The maximum Gasteiger partial charge on any atom is 0.306 e. The van der Waals surface area contributed by atoms with Crippen molar-refractivity contribution >= 4 is 68.1 Å². The highest BCUT2D eigenvalue weighted by Gasteiger charge is 2.26. The Morgan fingerprint density at radius 3 is 2.54 bits per heavy atom. The Labute approximate surface area is 315 Å². The first-order valence-corrected chi connectivity index (χ1v) is 18.8. The van der Waals surface area contributed by atoms with E-state index < -0.39 is 5.97 Å². The summed E-state index contributed by atoms with van der Waals surface area (Å²) < 4.78 is 6.73. The number of methoxy groups -OCH3 is 1. The molecular weight excluding hydrogens is 721 g/mol. The van der Waals surface area contributed by atoms with E-state index in [1.165, 1.54) is 0 Å². The Balaban J connectivity index is 1.10. The normalized spacial score (nSPS) is 16.7. The van der Waals surface area contributed by atoms with Crippen molar-refractivity contribution < 1.29 is 19.4 Å². The summed E-state index contributed by atoms with van der Waals surface area (Å²) in [5.41, 5.74) is 6.30. The van der Waals surface area contributed by atoms with Gasteiger partial charge in [-0.05, 0) is 63.0 Å². The predicted molar refractivity (Wildman–Crippen MR) is 206 cm³/mol. The molecule has 4 N–H and O–H groups in total. The van der Waals surface area contributed by atoms with Gasteiger partial charge in [-0.2, -0.15) is 0 Å². The van der Waals surface area contributed by atoms with E-state index in [4.69, 9.17) is 37.9 Å². The van der Waals surface area contributed by atoms with Crippen molar-refractivity contribution in [3.05, 3.63) is 80.9 Å². The molecule has 5 heterocycles. The number of amides is 1. The number of piperidine rings is 1. The van der Waals surface area contributed by atoms with Gasteiger partial charge in [-0.15, -0.1) is 11.3 Å². The van der Waals surface area contributed by atoms with Crippen LogP contribution in [0.3, 0.4) is 0 Å². The topological polar surface area (TPSA) is 142 Å². The van der Waals surface area contributed by atoms with Gasteiger partial charge in [0.15, 0.2) is 5.82 Å². The van der Waals surface area contributed by atoms with Crippen molar-refractivity contribution in [2.75, 3.05) is 32.1 Å². The van der Waals surface area contributed by atoms with E-state index in [0.717, 1.165) is 62.6 Å². The number of benzene rings is 2. The number of fused-ring (bicyclic) bond motifs is 1. The van der Waals surface area contributed by atoms with Gasteiger partial charge in [0.2, 0.25) is 11.8 Å². The number of aryl methyl sites for hydroxylation is 1. The molecule has 0 radical (unpaired) electrons. The van der Waals surface area contributed by atoms with Gasteiger partial charge in [0, 0.05) is 54.0 Å². The number of nitrogens with zero attached hydrogens (tertiary/aromatic N) is 4. The van der Waals surface area contributed by atoms with E-state index in [9.17, 15) is 14.7 Å². The zero-order valence-corrected chi connectivity index (χ0v) is 31.2. The van der Waals surface area contributed by atoms with Crippen LogP contribution in [-0.4, -0.2) is 69.6 Å². The molecule has 2 fully saturated rings. The molecule has 0 unspecified atom stereocenters. The molecule has 3 aromatic heterocycles. The van der Waals surface area contributed by atoms with Crippen LogP contribution in [0.4, 0.5) is 11.5 Å². The Kier molecular flexibility index (Phi) is 10.9. The lowest BCUT2D eigenvalue weighted by atomic mass is 9.97. The fourth-order valence-corrected chi connectivity index (χ4v) is 8.49. The van der Waals surface area contributed by atoms with E-state index in [1.807, 2.05) is 55.5 Å². The third-order valence-electron chi connectivity index (χ3n) is 9.74. The average Bonchev–Trinajstić information content (AvgIpc) is 3.75. The lowest BCUT2D eigenvalue weighted by Crippen LogP contribution is -2.35. The third kappa shape index (κ3) is 7.72. The second kappa shape index (κ2) is 15.7. The van der Waals surface area contributed by atoms with E-state index in [2.05, 4.69) is 25.8 Å². The van der Waals surface area contributed by atoms with Gasteiger partial charge >= 0.3 is 5.97 Å². The number of pyridine rings is 2. The van der Waals surface area contributed by atoms with Crippen LogP contribution in [0.2, 0.25) is 10.0 Å². The number of thiazole rings is 1. The molecule has 11 nitrogen and oxygen atoms in total. The summed E-state index contributed by atoms with van der Waals surface area (Å²) in [5, 5.41) is 21.1. The van der Waals surface area contributed by atoms with E-state index >= 15 is 0 Å². The lowest BCUT2D eigenvalue weighted by molar-refractivity contribution is -0.143. The van der Waals surface area contributed by atoms with Crippen LogP contribution >= 0.6 is 34.5 Å². The summed E-state index contributed by atoms with van der Waals surface area (Å²) in [6.07, 6.45) is 4.44. The molecule has 0 bridgehead atoms. The highest BCUT2D eigenvalue weighted by Crippen LogP contribution is 2.43. The minimum atomic E-state index is -0.713. The lowest BCUT2D eigenvalue weighted by Gasteiger charge is -2.29. The number of carboxylic acids is 1. The number of halogens is 2. The third-order valence-corrected chi connectivity index (χ3v) is 11.6. The Bertz CT molecular complexity index is 2140. The van der Waals surface area contributed by atoms with Crippen LogP contribution < -0.4 is 20.7 Å². The molecule has 14 heteroatoms. The highest BCUT2D eigenvalue weighted by atomic mass is 35.5. The monoisotopic (exact) mass is 759 g/mol. The number of hydrogen-bond acceptors (Lipinski definition) is 10. The molecule has 1 atom stereocenters. The van der Waals surface area contributed by atoms with Crippen molar-refractivity contribution in [1.82, 2.24) is 30.5 Å². The summed E-state index contributed by atoms with van der Waals surface area (Å²) in [6, 6.07) is 15.6. The number of hydrogen-bond donors (Lipinski definition) is 4. The van der Waals surface area contributed by atoms with Crippen molar-refractivity contribution in [3.8, 4) is 28.3 Å². The molecule has 2 aliphatic heterocycles. The minimum absolute atomic E-state index is 0.0965. The van der Waals surface area contributed by atoms with Crippen LogP contribution in [0.1, 0.15) is 41.8 Å². The first kappa shape index (κ1) is 36.0. The quantitative estimate of drug-likeness (QED) is 0.101. The number of rotatable bonds is 12. The number of carboxylic acid groups (broad SMARTS) is 1. The minimum Gasteiger partial charge on any atom is -0.481 e. The van der Waals surface area contributed by atoms with E-state index in [0.29, 0.717) is 72.0 Å². The number of aromatic nitrogens is 3.